The molecule has 4 aliphatic heterocycles. The summed E-state index contributed by atoms with van der Waals surface area (Å²) in [5.41, 5.74) is 0.769. The van der Waals surface area contributed by atoms with Crippen LogP contribution < -0.4 is 0 Å². The van der Waals surface area contributed by atoms with E-state index in [0.29, 0.717) is 47.3 Å². The molecule has 0 bridgehead atoms. The Kier molecular flexibility index (Phi) is 6.40. The number of carbonyl (C=O) groups excluding carboxylic acids is 1. The van der Waals surface area contributed by atoms with E-state index in [0.717, 1.165) is 37.9 Å². The number of nitrogens with zero attached hydrogens (tertiary/aromatic N) is 3. The second-order valence-electron chi connectivity index (χ2n) is 10.5. The van der Waals surface area contributed by atoms with Crippen molar-refractivity contribution >= 4 is 27.7 Å². The molecule has 0 saturated carbocycles. The third kappa shape index (κ3) is 4.40. The summed E-state index contributed by atoms with van der Waals surface area (Å²) in [7, 11) is -3.61. The predicted octanol–water partition coefficient (Wildman–Crippen LogP) is 4.13. The molecule has 5 rings (SSSR count). The fraction of sp³-hybridized carbons (Fsp3) is 0.708. The number of carbonyl (C=O) groups is 1. The summed E-state index contributed by atoms with van der Waals surface area (Å²) >= 11 is 6.15. The van der Waals surface area contributed by atoms with E-state index in [1.54, 1.807) is 27.4 Å². The molecule has 0 aromatic heterocycles. The fourth-order valence-corrected chi connectivity index (χ4v) is 8.72. The van der Waals surface area contributed by atoms with Gasteiger partial charge in [0.25, 0.3) is 0 Å². The lowest BCUT2D eigenvalue weighted by molar-refractivity contribution is 0.0633. The topological polar surface area (TPSA) is 70.2 Å². The molecule has 5 atom stereocenters. The molecule has 4 heterocycles. The molecule has 4 aliphatic rings. The highest BCUT2D eigenvalue weighted by atomic mass is 35.5. The first-order valence-electron chi connectivity index (χ1n) is 12.2. The van der Waals surface area contributed by atoms with Crippen LogP contribution in [0.15, 0.2) is 23.1 Å². The summed E-state index contributed by atoms with van der Waals surface area (Å²) in [4.78, 5) is 17.5. The van der Waals surface area contributed by atoms with Gasteiger partial charge in [-0.2, -0.15) is 4.31 Å². The van der Waals surface area contributed by atoms with Gasteiger partial charge < -0.3 is 9.64 Å². The van der Waals surface area contributed by atoms with Crippen molar-refractivity contribution in [3.8, 4) is 0 Å². The summed E-state index contributed by atoms with van der Waals surface area (Å²) in [5, 5.41) is 0.542. The predicted molar refractivity (Wildman–Crippen MR) is 127 cm³/mol. The third-order valence-corrected chi connectivity index (χ3v) is 10.1. The molecule has 0 aliphatic carbocycles. The van der Waals surface area contributed by atoms with E-state index in [9.17, 15) is 13.2 Å². The standard InChI is InChI=1S/C24H34ClN3O4S/c1-16-10-17(2)13-27(12-16)19-8-9-26(14-19)24(29)32-15-20-4-3-5-22-21-11-18(25)6-7-23(21)33(30,31)28(20)22/h6-7,11,16-17,19-20,22H,3-5,8-10,12-15H2,1-2H3/t16?,17?,19?,20-,22+/m1/s1. The smallest absolute Gasteiger partial charge is 0.409 e. The Morgan fingerprint density at radius 3 is 2.64 bits per heavy atom. The average Bonchev–Trinajstić information content (AvgIpc) is 3.34. The quantitative estimate of drug-likeness (QED) is 0.630. The minimum Gasteiger partial charge on any atom is -0.448 e. The van der Waals surface area contributed by atoms with Gasteiger partial charge in [-0.1, -0.05) is 25.4 Å². The van der Waals surface area contributed by atoms with E-state index in [-0.39, 0.29) is 24.8 Å². The Morgan fingerprint density at radius 1 is 1.12 bits per heavy atom. The van der Waals surface area contributed by atoms with Crippen molar-refractivity contribution in [2.24, 2.45) is 11.8 Å². The van der Waals surface area contributed by atoms with Gasteiger partial charge >= 0.3 is 6.09 Å². The number of sulfonamides is 1. The Hall–Kier alpha value is -1.35. The SMILES string of the molecule is CC1CC(C)CN(C2CCN(C(=O)OC[C@H]3CCC[C@H]4c5cc(Cl)ccc5S(=O)(=O)N34)C2)C1. The number of amides is 1. The Balaban J connectivity index is 1.21. The van der Waals surface area contributed by atoms with Crippen LogP contribution in [0.5, 0.6) is 0 Å². The lowest BCUT2D eigenvalue weighted by Crippen LogP contribution is -2.47. The van der Waals surface area contributed by atoms with Gasteiger partial charge in [0.05, 0.1) is 17.0 Å². The maximum Gasteiger partial charge on any atom is 0.409 e. The molecular formula is C24H34ClN3O4S. The summed E-state index contributed by atoms with van der Waals surface area (Å²) < 4.78 is 33.7. The summed E-state index contributed by atoms with van der Waals surface area (Å²) in [6.07, 6.45) is 4.26. The molecule has 3 fully saturated rings. The molecule has 1 aromatic rings. The van der Waals surface area contributed by atoms with Crippen molar-refractivity contribution in [3.05, 3.63) is 28.8 Å². The van der Waals surface area contributed by atoms with Crippen LogP contribution in [-0.2, 0) is 14.8 Å². The van der Waals surface area contributed by atoms with E-state index in [1.807, 2.05) is 0 Å². The van der Waals surface area contributed by atoms with Crippen molar-refractivity contribution in [3.63, 3.8) is 0 Å². The highest BCUT2D eigenvalue weighted by Crippen LogP contribution is 2.47. The van der Waals surface area contributed by atoms with Crippen molar-refractivity contribution in [1.82, 2.24) is 14.1 Å². The number of likely N-dealkylation sites (tertiary alicyclic amines) is 2. The van der Waals surface area contributed by atoms with Gasteiger partial charge in [0, 0.05) is 37.2 Å². The number of fused-ring (bicyclic) bond motifs is 3. The van der Waals surface area contributed by atoms with Crippen LogP contribution in [0.25, 0.3) is 0 Å². The van der Waals surface area contributed by atoms with Crippen LogP contribution in [0.2, 0.25) is 5.02 Å². The molecule has 7 nitrogen and oxygen atoms in total. The molecular weight excluding hydrogens is 462 g/mol. The fourth-order valence-electron chi connectivity index (χ4n) is 6.47. The number of piperidine rings is 2. The van der Waals surface area contributed by atoms with Gasteiger partial charge in [0.2, 0.25) is 10.0 Å². The maximum absolute atomic E-state index is 13.2. The Labute approximate surface area is 202 Å². The van der Waals surface area contributed by atoms with Gasteiger partial charge in [0.1, 0.15) is 6.61 Å². The van der Waals surface area contributed by atoms with Crippen LogP contribution in [0.1, 0.15) is 57.6 Å². The summed E-state index contributed by atoms with van der Waals surface area (Å²) in [6.45, 7) is 8.28. The van der Waals surface area contributed by atoms with Crippen LogP contribution in [-0.4, -0.2) is 73.5 Å². The zero-order chi connectivity index (χ0) is 23.3. The normalized spacial score (nSPS) is 34.2. The van der Waals surface area contributed by atoms with Crippen LogP contribution >= 0.6 is 11.6 Å². The first-order chi connectivity index (χ1) is 15.7. The highest BCUT2D eigenvalue weighted by Gasteiger charge is 2.48. The second kappa shape index (κ2) is 9.02. The molecule has 3 unspecified atom stereocenters. The zero-order valence-electron chi connectivity index (χ0n) is 19.5. The molecule has 1 aromatic carbocycles. The molecule has 0 spiro atoms. The highest BCUT2D eigenvalue weighted by molar-refractivity contribution is 7.89. The molecule has 182 valence electrons. The van der Waals surface area contributed by atoms with Gasteiger partial charge in [-0.15, -0.1) is 0 Å². The van der Waals surface area contributed by atoms with E-state index in [2.05, 4.69) is 18.7 Å². The summed E-state index contributed by atoms with van der Waals surface area (Å²) in [6, 6.07) is 4.81. The van der Waals surface area contributed by atoms with Crippen LogP contribution in [0.3, 0.4) is 0 Å². The van der Waals surface area contributed by atoms with E-state index in [4.69, 9.17) is 16.3 Å². The number of hydrogen-bond donors (Lipinski definition) is 0. The van der Waals surface area contributed by atoms with Crippen LogP contribution in [0.4, 0.5) is 4.79 Å². The summed E-state index contributed by atoms with van der Waals surface area (Å²) in [5.74, 6) is 1.38. The first kappa shape index (κ1) is 23.4. The zero-order valence-corrected chi connectivity index (χ0v) is 21.0. The number of ether oxygens (including phenoxy) is 1. The number of halogens is 1. The molecule has 33 heavy (non-hydrogen) atoms. The minimum atomic E-state index is -3.61. The molecule has 9 heteroatoms. The van der Waals surface area contributed by atoms with E-state index in [1.165, 1.54) is 6.42 Å². The number of rotatable bonds is 3. The van der Waals surface area contributed by atoms with Crippen LogP contribution in [0, 0.1) is 11.8 Å². The Morgan fingerprint density at radius 2 is 1.88 bits per heavy atom. The lowest BCUT2D eigenvalue weighted by atomic mass is 9.91. The molecule has 1 amide bonds. The third-order valence-electron chi connectivity index (χ3n) is 7.80. The van der Waals surface area contributed by atoms with Gasteiger partial charge in [-0.3, -0.25) is 4.90 Å². The average molecular weight is 496 g/mol. The van der Waals surface area contributed by atoms with Crippen molar-refractivity contribution < 1.29 is 17.9 Å². The van der Waals surface area contributed by atoms with Crippen molar-refractivity contribution in [2.45, 2.75) is 69.0 Å². The lowest BCUT2D eigenvalue weighted by Gasteiger charge is -2.38. The van der Waals surface area contributed by atoms with Gasteiger partial charge in [-0.05, 0) is 67.7 Å². The molecule has 3 saturated heterocycles. The van der Waals surface area contributed by atoms with E-state index >= 15 is 0 Å². The first-order valence-corrected chi connectivity index (χ1v) is 14.0. The van der Waals surface area contributed by atoms with Gasteiger partial charge in [-0.25, -0.2) is 13.2 Å². The van der Waals surface area contributed by atoms with Crippen molar-refractivity contribution in [1.29, 1.82) is 0 Å². The second-order valence-corrected chi connectivity index (χ2v) is 12.7. The monoisotopic (exact) mass is 495 g/mol. The number of hydrogen-bond acceptors (Lipinski definition) is 5. The van der Waals surface area contributed by atoms with E-state index < -0.39 is 10.0 Å². The molecule has 0 N–H and O–H groups in total. The maximum atomic E-state index is 13.2. The Bertz CT molecular complexity index is 1010. The van der Waals surface area contributed by atoms with Gasteiger partial charge in [0.15, 0.2) is 0 Å². The number of benzene rings is 1. The minimum absolute atomic E-state index is 0.0925. The molecule has 0 radical (unpaired) electrons. The largest absolute Gasteiger partial charge is 0.448 e. The van der Waals surface area contributed by atoms with Crippen molar-refractivity contribution in [2.75, 3.05) is 32.8 Å².